The van der Waals surface area contributed by atoms with Gasteiger partial charge in [-0.15, -0.1) is 0 Å². The van der Waals surface area contributed by atoms with Crippen LogP contribution in [0.2, 0.25) is 0 Å². The molecule has 0 saturated heterocycles. The molecule has 0 aliphatic heterocycles. The Balaban J connectivity index is 1.18. The van der Waals surface area contributed by atoms with E-state index in [4.69, 9.17) is 0 Å². The maximum absolute atomic E-state index is 2.61. The smallest absolute Gasteiger partial charge is 0.0628 e. The molecule has 15 rings (SSSR count). The van der Waals surface area contributed by atoms with Crippen molar-refractivity contribution in [2.75, 3.05) is 0 Å². The highest BCUT2D eigenvalue weighted by Crippen LogP contribution is 2.51. The molecule has 14 aromatic rings. The van der Waals surface area contributed by atoms with Crippen LogP contribution in [-0.4, -0.2) is 17.9 Å². The van der Waals surface area contributed by atoms with Crippen LogP contribution in [0.1, 0.15) is 17.7 Å². The summed E-state index contributed by atoms with van der Waals surface area (Å²) in [6.45, 7) is 0. The van der Waals surface area contributed by atoms with Crippen molar-refractivity contribution < 1.29 is 0 Å². The van der Waals surface area contributed by atoms with Gasteiger partial charge in [0.2, 0.25) is 0 Å². The molecule has 1 aliphatic carbocycles. The molecule has 6 aromatic heterocycles. The van der Waals surface area contributed by atoms with Gasteiger partial charge in [0, 0.05) is 76.3 Å². The molecular weight excluding hydrogens is 705 g/mol. The molecule has 0 spiro atoms. The van der Waals surface area contributed by atoms with Gasteiger partial charge in [-0.25, -0.2) is 0 Å². The second kappa shape index (κ2) is 10.2. The van der Waals surface area contributed by atoms with Crippen LogP contribution in [0.5, 0.6) is 0 Å². The summed E-state index contributed by atoms with van der Waals surface area (Å²) in [5, 5.41) is 14.6. The Hall–Kier alpha value is -7.56. The number of para-hydroxylation sites is 5. The SMILES string of the molecule is C1=Cc2c(c3c4c5ccccc5n(-c5ccccc5)c4cc4c5cc6c7cc8c(c9ccccc9n8-c8ccccc8)c8c9ccccc9n(c6cc5n2c43)c78)CC1. The topological polar surface area (TPSA) is 18.7 Å². The molecule has 58 heavy (non-hydrogen) atoms. The maximum Gasteiger partial charge on any atom is 0.0628 e. The Morgan fingerprint density at radius 1 is 0.345 bits per heavy atom. The van der Waals surface area contributed by atoms with Crippen LogP contribution >= 0.6 is 0 Å². The van der Waals surface area contributed by atoms with Gasteiger partial charge in [0.15, 0.2) is 0 Å². The van der Waals surface area contributed by atoms with E-state index in [-0.39, 0.29) is 0 Å². The predicted molar refractivity (Wildman–Crippen MR) is 244 cm³/mol. The van der Waals surface area contributed by atoms with Gasteiger partial charge in [-0.05, 0) is 91.2 Å². The van der Waals surface area contributed by atoms with Crippen molar-refractivity contribution >= 4 is 115 Å². The van der Waals surface area contributed by atoms with Crippen LogP contribution in [0.15, 0.2) is 164 Å². The summed E-state index contributed by atoms with van der Waals surface area (Å²) in [6.07, 6.45) is 6.86. The van der Waals surface area contributed by atoms with Crippen molar-refractivity contribution in [3.05, 3.63) is 175 Å². The van der Waals surface area contributed by atoms with Crippen LogP contribution in [0.4, 0.5) is 0 Å². The third-order valence-electron chi connectivity index (χ3n) is 13.6. The molecular formula is C54H32N4. The number of aromatic nitrogens is 4. The van der Waals surface area contributed by atoms with Gasteiger partial charge in [-0.1, -0.05) is 97.1 Å². The Kier molecular flexibility index (Phi) is 5.24. The van der Waals surface area contributed by atoms with Gasteiger partial charge < -0.3 is 17.9 Å². The first kappa shape index (κ1) is 29.7. The van der Waals surface area contributed by atoms with E-state index in [2.05, 4.69) is 188 Å². The molecule has 0 saturated carbocycles. The first-order valence-corrected chi connectivity index (χ1v) is 20.4. The summed E-state index contributed by atoms with van der Waals surface area (Å²) in [7, 11) is 0. The van der Waals surface area contributed by atoms with Gasteiger partial charge >= 0.3 is 0 Å². The van der Waals surface area contributed by atoms with E-state index in [1.807, 2.05) is 0 Å². The largest absolute Gasteiger partial charge is 0.309 e. The van der Waals surface area contributed by atoms with Crippen molar-refractivity contribution in [3.63, 3.8) is 0 Å². The number of allylic oxidation sites excluding steroid dienone is 1. The molecule has 0 fully saturated rings. The minimum atomic E-state index is 1.04. The van der Waals surface area contributed by atoms with Crippen molar-refractivity contribution in [2.24, 2.45) is 0 Å². The predicted octanol–water partition coefficient (Wildman–Crippen LogP) is 14.0. The summed E-state index contributed by atoms with van der Waals surface area (Å²) in [4.78, 5) is 0. The van der Waals surface area contributed by atoms with Crippen LogP contribution in [-0.2, 0) is 6.42 Å². The lowest BCUT2D eigenvalue weighted by molar-refractivity contribution is 0.985. The maximum atomic E-state index is 2.61. The molecule has 0 unspecified atom stereocenters. The molecule has 1 aliphatic rings. The number of benzene rings is 8. The summed E-state index contributed by atoms with van der Waals surface area (Å²) in [6, 6.07) is 58.8. The summed E-state index contributed by atoms with van der Waals surface area (Å²) in [5.41, 5.74) is 16.6. The zero-order chi connectivity index (χ0) is 37.4. The Labute approximate surface area is 330 Å². The number of nitrogens with zero attached hydrogens (tertiary/aromatic N) is 4. The zero-order valence-corrected chi connectivity index (χ0v) is 31.4. The summed E-state index contributed by atoms with van der Waals surface area (Å²) in [5.74, 6) is 0. The fourth-order valence-corrected chi connectivity index (χ4v) is 11.5. The monoisotopic (exact) mass is 736 g/mol. The minimum Gasteiger partial charge on any atom is -0.309 e. The quantitative estimate of drug-likeness (QED) is 0.168. The van der Waals surface area contributed by atoms with Crippen LogP contribution in [0.3, 0.4) is 0 Å². The Morgan fingerprint density at radius 2 is 0.845 bits per heavy atom. The highest BCUT2D eigenvalue weighted by atomic mass is 15.0. The fraction of sp³-hybridized carbons (Fsp3) is 0.0370. The lowest BCUT2D eigenvalue weighted by Gasteiger charge is -2.10. The van der Waals surface area contributed by atoms with E-state index in [0.717, 1.165) is 12.8 Å². The number of rotatable bonds is 2. The molecule has 0 bridgehead atoms. The van der Waals surface area contributed by atoms with Crippen LogP contribution in [0.25, 0.3) is 126 Å². The van der Waals surface area contributed by atoms with E-state index < -0.39 is 0 Å². The van der Waals surface area contributed by atoms with Gasteiger partial charge in [-0.3, -0.25) is 0 Å². The molecule has 4 heteroatoms. The first-order valence-electron chi connectivity index (χ1n) is 20.4. The molecule has 4 nitrogen and oxygen atoms in total. The lowest BCUT2D eigenvalue weighted by Crippen LogP contribution is -1.95. The molecule has 8 aromatic carbocycles. The highest BCUT2D eigenvalue weighted by molar-refractivity contribution is 6.37. The molecule has 0 amide bonds. The summed E-state index contributed by atoms with van der Waals surface area (Å²) < 4.78 is 10.1. The second-order valence-corrected chi connectivity index (χ2v) is 16.3. The van der Waals surface area contributed by atoms with Gasteiger partial charge in [0.25, 0.3) is 0 Å². The molecule has 0 atom stereocenters. The molecule has 0 N–H and O–H groups in total. The number of aryl methyl sites for hydroxylation is 1. The first-order chi connectivity index (χ1) is 28.8. The minimum absolute atomic E-state index is 1.04. The third-order valence-corrected chi connectivity index (χ3v) is 13.6. The van der Waals surface area contributed by atoms with Gasteiger partial charge in [0.05, 0.1) is 49.7 Å². The molecule has 6 heterocycles. The van der Waals surface area contributed by atoms with Gasteiger partial charge in [0.1, 0.15) is 0 Å². The van der Waals surface area contributed by atoms with Crippen molar-refractivity contribution in [1.29, 1.82) is 0 Å². The van der Waals surface area contributed by atoms with E-state index in [1.165, 1.54) is 132 Å². The fourth-order valence-electron chi connectivity index (χ4n) is 11.5. The number of hydrogen-bond acceptors (Lipinski definition) is 0. The normalized spacial score (nSPS) is 13.7. The van der Waals surface area contributed by atoms with E-state index >= 15 is 0 Å². The average molecular weight is 737 g/mol. The highest BCUT2D eigenvalue weighted by Gasteiger charge is 2.29. The number of fused-ring (bicyclic) bond motifs is 20. The third kappa shape index (κ3) is 3.35. The van der Waals surface area contributed by atoms with E-state index in [9.17, 15) is 0 Å². The average Bonchev–Trinajstić information content (AvgIpc) is 4.11. The van der Waals surface area contributed by atoms with Crippen molar-refractivity contribution in [3.8, 4) is 11.4 Å². The zero-order valence-electron chi connectivity index (χ0n) is 31.4. The lowest BCUT2D eigenvalue weighted by atomic mass is 9.95. The Bertz CT molecular complexity index is 4110. The standard InChI is InChI=1S/C54H32N4/c1-3-15-31(16-4-1)55-41-23-11-7-19-33(41)49-47(55)28-39-37-27-38-40-29-48-50(34-20-8-12-24-42(34)56(48)32-17-5-2-6-18-32)52-36-22-10-14-26-44(36)58(54(40)52)46(38)30-45(37)57-43-25-13-9-21-35(43)51(49)53(39)57/h1-9,11-21,23-30H,10,22H2. The van der Waals surface area contributed by atoms with Crippen molar-refractivity contribution in [1.82, 2.24) is 17.9 Å². The van der Waals surface area contributed by atoms with Crippen LogP contribution < -0.4 is 0 Å². The molecule has 268 valence electrons. The van der Waals surface area contributed by atoms with E-state index in [1.54, 1.807) is 0 Å². The second-order valence-electron chi connectivity index (χ2n) is 16.3. The van der Waals surface area contributed by atoms with Gasteiger partial charge in [-0.2, -0.15) is 0 Å². The molecule has 0 radical (unpaired) electrons. The summed E-state index contributed by atoms with van der Waals surface area (Å²) >= 11 is 0. The number of hydrogen-bond donors (Lipinski definition) is 0. The van der Waals surface area contributed by atoms with Crippen molar-refractivity contribution in [2.45, 2.75) is 12.8 Å². The Morgan fingerprint density at radius 3 is 1.47 bits per heavy atom. The van der Waals surface area contributed by atoms with Crippen LogP contribution in [0, 0.1) is 0 Å². The van der Waals surface area contributed by atoms with E-state index in [0.29, 0.717) is 0 Å².